The van der Waals surface area contributed by atoms with Gasteiger partial charge in [0.25, 0.3) is 0 Å². The summed E-state index contributed by atoms with van der Waals surface area (Å²) in [6, 6.07) is 5.98. The molecule has 0 bridgehead atoms. The number of rotatable bonds is 2. The molecule has 0 aliphatic rings. The summed E-state index contributed by atoms with van der Waals surface area (Å²) in [5.74, 6) is -0.307. The molecule has 0 heterocycles. The summed E-state index contributed by atoms with van der Waals surface area (Å²) in [6.45, 7) is 0. The summed E-state index contributed by atoms with van der Waals surface area (Å²) in [6.07, 6.45) is 4.28. The maximum Gasteiger partial charge on any atom is 0.225 e. The fraction of sp³-hybridized carbons (Fsp3) is 0. The average molecular weight is 149 g/mol. The van der Waals surface area contributed by atoms with Gasteiger partial charge in [-0.2, -0.15) is 0 Å². The molecule has 0 fully saturated rings. The zero-order valence-electron chi connectivity index (χ0n) is 5.75. The zero-order chi connectivity index (χ0) is 8.10. The van der Waals surface area contributed by atoms with Gasteiger partial charge in [-0.15, -0.1) is 0 Å². The van der Waals surface area contributed by atoms with Gasteiger partial charge >= 0.3 is 0 Å². The number of carbonyl (C=O) groups excluding carboxylic acids is 1. The van der Waals surface area contributed by atoms with Crippen molar-refractivity contribution in [3.8, 4) is 0 Å². The van der Waals surface area contributed by atoms with E-state index in [1.807, 2.05) is 0 Å². The molecular weight excluding hydrogens is 143 g/mol. The van der Waals surface area contributed by atoms with E-state index in [2.05, 4.69) is 0 Å². The molecule has 0 unspecified atom stereocenters. The SMILES string of the molecule is O=[C]/C=C/c1cccc(F)c1. The van der Waals surface area contributed by atoms with E-state index < -0.39 is 0 Å². The number of allylic oxidation sites excluding steroid dienone is 1. The first-order valence-electron chi connectivity index (χ1n) is 3.13. The molecule has 11 heavy (non-hydrogen) atoms. The summed E-state index contributed by atoms with van der Waals surface area (Å²) in [5.41, 5.74) is 0.661. The third-order valence-corrected chi connectivity index (χ3v) is 1.19. The number of benzene rings is 1. The van der Waals surface area contributed by atoms with Crippen LogP contribution in [0, 0.1) is 5.82 Å². The maximum atomic E-state index is 12.5. The average Bonchev–Trinajstić information content (AvgIpc) is 2.01. The lowest BCUT2D eigenvalue weighted by molar-refractivity contribution is 0.564. The van der Waals surface area contributed by atoms with Crippen molar-refractivity contribution in [1.82, 2.24) is 0 Å². The van der Waals surface area contributed by atoms with Gasteiger partial charge in [0.05, 0.1) is 0 Å². The second kappa shape index (κ2) is 3.66. The maximum absolute atomic E-state index is 12.5. The number of hydrogen-bond donors (Lipinski definition) is 0. The van der Waals surface area contributed by atoms with Crippen LogP contribution in [-0.2, 0) is 4.79 Å². The molecule has 0 spiro atoms. The Kier molecular flexibility index (Phi) is 2.55. The van der Waals surface area contributed by atoms with E-state index in [0.717, 1.165) is 0 Å². The van der Waals surface area contributed by atoms with Crippen molar-refractivity contribution in [2.24, 2.45) is 0 Å². The zero-order valence-corrected chi connectivity index (χ0v) is 5.75. The smallest absolute Gasteiger partial charge is 0.225 e. The van der Waals surface area contributed by atoms with Crippen LogP contribution in [0.5, 0.6) is 0 Å². The first kappa shape index (κ1) is 7.66. The highest BCUT2D eigenvalue weighted by Gasteiger charge is 1.88. The lowest BCUT2D eigenvalue weighted by Gasteiger charge is -1.90. The molecule has 55 valence electrons. The quantitative estimate of drug-likeness (QED) is 0.587. The van der Waals surface area contributed by atoms with Crippen LogP contribution in [0.4, 0.5) is 4.39 Å². The van der Waals surface area contributed by atoms with Crippen molar-refractivity contribution in [3.63, 3.8) is 0 Å². The van der Waals surface area contributed by atoms with E-state index in [1.165, 1.54) is 24.3 Å². The minimum absolute atomic E-state index is 0.307. The van der Waals surface area contributed by atoms with E-state index in [0.29, 0.717) is 5.56 Å². The van der Waals surface area contributed by atoms with Crippen LogP contribution in [0.15, 0.2) is 30.3 Å². The minimum Gasteiger partial charge on any atom is -0.286 e. The molecule has 1 aromatic rings. The van der Waals surface area contributed by atoms with Crippen LogP contribution in [0.25, 0.3) is 6.08 Å². The number of halogens is 1. The van der Waals surface area contributed by atoms with Gasteiger partial charge in [0.15, 0.2) is 0 Å². The minimum atomic E-state index is -0.307. The Morgan fingerprint density at radius 3 is 2.91 bits per heavy atom. The Morgan fingerprint density at radius 1 is 1.45 bits per heavy atom. The normalized spacial score (nSPS) is 10.3. The first-order chi connectivity index (χ1) is 5.33. The second-order valence-corrected chi connectivity index (χ2v) is 2.01. The molecule has 1 rings (SSSR count). The molecule has 0 amide bonds. The van der Waals surface area contributed by atoms with E-state index in [-0.39, 0.29) is 5.82 Å². The van der Waals surface area contributed by atoms with Gasteiger partial charge in [-0.3, -0.25) is 4.79 Å². The largest absolute Gasteiger partial charge is 0.286 e. The fourth-order valence-electron chi connectivity index (χ4n) is 0.741. The van der Waals surface area contributed by atoms with Crippen LogP contribution in [0.3, 0.4) is 0 Å². The first-order valence-corrected chi connectivity index (χ1v) is 3.13. The molecule has 0 saturated carbocycles. The predicted molar refractivity (Wildman–Crippen MR) is 41.1 cm³/mol. The van der Waals surface area contributed by atoms with Crippen LogP contribution in [0.2, 0.25) is 0 Å². The highest BCUT2D eigenvalue weighted by atomic mass is 19.1. The Bertz CT molecular complexity index is 279. The van der Waals surface area contributed by atoms with Gasteiger partial charge < -0.3 is 0 Å². The summed E-state index contributed by atoms with van der Waals surface area (Å²) >= 11 is 0. The summed E-state index contributed by atoms with van der Waals surface area (Å²) in [7, 11) is 0. The van der Waals surface area contributed by atoms with Gasteiger partial charge in [0.2, 0.25) is 6.29 Å². The predicted octanol–water partition coefficient (Wildman–Crippen LogP) is 1.95. The van der Waals surface area contributed by atoms with E-state index in [9.17, 15) is 9.18 Å². The lowest BCUT2D eigenvalue weighted by Crippen LogP contribution is -1.74. The molecule has 1 radical (unpaired) electrons. The molecule has 0 N–H and O–H groups in total. The van der Waals surface area contributed by atoms with Crippen molar-refractivity contribution in [1.29, 1.82) is 0 Å². The van der Waals surface area contributed by atoms with Gasteiger partial charge in [0.1, 0.15) is 5.82 Å². The molecule has 0 aliphatic carbocycles. The molecule has 2 heteroatoms. The van der Waals surface area contributed by atoms with Gasteiger partial charge in [-0.25, -0.2) is 4.39 Å². The molecular formula is C9H6FO. The van der Waals surface area contributed by atoms with E-state index in [4.69, 9.17) is 0 Å². The topological polar surface area (TPSA) is 17.1 Å². The Balaban J connectivity index is 2.87. The van der Waals surface area contributed by atoms with Crippen molar-refractivity contribution < 1.29 is 9.18 Å². The van der Waals surface area contributed by atoms with Crippen molar-refractivity contribution >= 4 is 12.4 Å². The molecule has 0 aliphatic heterocycles. The van der Waals surface area contributed by atoms with Crippen LogP contribution < -0.4 is 0 Å². The van der Waals surface area contributed by atoms with Crippen LogP contribution in [0.1, 0.15) is 5.56 Å². The molecule has 0 atom stereocenters. The molecule has 0 saturated heterocycles. The fourth-order valence-corrected chi connectivity index (χ4v) is 0.741. The standard InChI is InChI=1S/C9H6FO/c10-9-5-1-3-8(7-9)4-2-6-11/h1-5,7H/b4-2+. The van der Waals surface area contributed by atoms with E-state index in [1.54, 1.807) is 18.4 Å². The molecule has 1 aromatic carbocycles. The van der Waals surface area contributed by atoms with Gasteiger partial charge in [0, 0.05) is 0 Å². The van der Waals surface area contributed by atoms with Crippen LogP contribution >= 0.6 is 0 Å². The lowest BCUT2D eigenvalue weighted by atomic mass is 10.2. The number of hydrogen-bond acceptors (Lipinski definition) is 1. The van der Waals surface area contributed by atoms with Crippen LogP contribution in [-0.4, -0.2) is 6.29 Å². The summed E-state index contributed by atoms with van der Waals surface area (Å²) in [5, 5.41) is 0. The van der Waals surface area contributed by atoms with Gasteiger partial charge in [-0.1, -0.05) is 18.2 Å². The van der Waals surface area contributed by atoms with Crippen molar-refractivity contribution in [2.45, 2.75) is 0 Å². The Labute approximate surface area is 64.2 Å². The van der Waals surface area contributed by atoms with Crippen molar-refractivity contribution in [2.75, 3.05) is 0 Å². The summed E-state index contributed by atoms with van der Waals surface area (Å²) in [4.78, 5) is 9.76. The monoisotopic (exact) mass is 149 g/mol. The summed E-state index contributed by atoms with van der Waals surface area (Å²) < 4.78 is 12.5. The Hall–Kier alpha value is -1.44. The highest BCUT2D eigenvalue weighted by Crippen LogP contribution is 2.04. The second-order valence-electron chi connectivity index (χ2n) is 2.01. The van der Waals surface area contributed by atoms with Gasteiger partial charge in [-0.05, 0) is 23.8 Å². The van der Waals surface area contributed by atoms with E-state index >= 15 is 0 Å². The molecule has 1 nitrogen and oxygen atoms in total. The third-order valence-electron chi connectivity index (χ3n) is 1.19. The highest BCUT2D eigenvalue weighted by molar-refractivity contribution is 5.74. The van der Waals surface area contributed by atoms with Crippen molar-refractivity contribution in [3.05, 3.63) is 41.7 Å². The molecule has 0 aromatic heterocycles. The third kappa shape index (κ3) is 2.34. The Morgan fingerprint density at radius 2 is 2.27 bits per heavy atom.